The van der Waals surface area contributed by atoms with Crippen molar-refractivity contribution in [3.05, 3.63) is 18.2 Å². The summed E-state index contributed by atoms with van der Waals surface area (Å²) in [6.45, 7) is 1.68. The van der Waals surface area contributed by atoms with Crippen LogP contribution in [0.5, 0.6) is 0 Å². The van der Waals surface area contributed by atoms with Crippen LogP contribution in [-0.4, -0.2) is 38.5 Å². The van der Waals surface area contributed by atoms with Crippen molar-refractivity contribution in [3.8, 4) is 0 Å². The third-order valence-electron chi connectivity index (χ3n) is 2.42. The Balaban J connectivity index is 2.66. The molecular formula is C10H15N3O3. The van der Waals surface area contributed by atoms with Crippen molar-refractivity contribution in [2.24, 2.45) is 13.0 Å². The van der Waals surface area contributed by atoms with Gasteiger partial charge in [0, 0.05) is 26.5 Å². The summed E-state index contributed by atoms with van der Waals surface area (Å²) in [4.78, 5) is 27.7. The molecule has 0 saturated heterocycles. The molecular weight excluding hydrogens is 210 g/mol. The number of aromatic nitrogens is 2. The first-order valence-electron chi connectivity index (χ1n) is 4.87. The molecule has 0 radical (unpaired) electrons. The van der Waals surface area contributed by atoms with Crippen molar-refractivity contribution >= 4 is 11.9 Å². The number of nitrogens with zero attached hydrogens (tertiary/aromatic N) is 3. The van der Waals surface area contributed by atoms with Crippen LogP contribution >= 0.6 is 0 Å². The van der Waals surface area contributed by atoms with Crippen molar-refractivity contribution in [1.29, 1.82) is 0 Å². The van der Waals surface area contributed by atoms with E-state index in [9.17, 15) is 9.59 Å². The molecule has 16 heavy (non-hydrogen) atoms. The Morgan fingerprint density at radius 1 is 1.62 bits per heavy atom. The maximum Gasteiger partial charge on any atom is 0.315 e. The molecule has 1 rings (SSSR count). The van der Waals surface area contributed by atoms with Crippen LogP contribution in [0.15, 0.2) is 12.4 Å². The number of rotatable bonds is 4. The molecule has 0 spiro atoms. The van der Waals surface area contributed by atoms with E-state index in [1.165, 1.54) is 11.8 Å². The average molecular weight is 225 g/mol. The molecule has 0 saturated carbocycles. The van der Waals surface area contributed by atoms with Crippen LogP contribution in [0.3, 0.4) is 0 Å². The third-order valence-corrected chi connectivity index (χ3v) is 2.42. The van der Waals surface area contributed by atoms with Gasteiger partial charge in [-0.25, -0.2) is 4.98 Å². The van der Waals surface area contributed by atoms with Gasteiger partial charge >= 0.3 is 5.97 Å². The first kappa shape index (κ1) is 12.2. The summed E-state index contributed by atoms with van der Waals surface area (Å²) in [7, 11) is 3.39. The summed E-state index contributed by atoms with van der Waals surface area (Å²) in [5, 5.41) is 8.71. The maximum atomic E-state index is 11.6. The summed E-state index contributed by atoms with van der Waals surface area (Å²) in [6, 6.07) is 0. The van der Waals surface area contributed by atoms with Gasteiger partial charge < -0.3 is 14.6 Å². The lowest BCUT2D eigenvalue weighted by molar-refractivity contribution is -0.150. The van der Waals surface area contributed by atoms with Gasteiger partial charge in [-0.2, -0.15) is 0 Å². The normalized spacial score (nSPS) is 12.2. The fourth-order valence-electron chi connectivity index (χ4n) is 1.28. The molecule has 0 bridgehead atoms. The fraction of sp³-hybridized carbons (Fsp3) is 0.500. The van der Waals surface area contributed by atoms with Gasteiger partial charge in [0.2, 0.25) is 5.91 Å². The largest absolute Gasteiger partial charge is 0.481 e. The molecule has 1 heterocycles. The molecule has 6 heteroatoms. The fourth-order valence-corrected chi connectivity index (χ4v) is 1.28. The van der Waals surface area contributed by atoms with Crippen LogP contribution in [0.4, 0.5) is 0 Å². The van der Waals surface area contributed by atoms with Crippen LogP contribution in [0, 0.1) is 5.92 Å². The minimum Gasteiger partial charge on any atom is -0.481 e. The van der Waals surface area contributed by atoms with E-state index in [0.717, 1.165) is 0 Å². The molecule has 0 aliphatic heterocycles. The zero-order valence-corrected chi connectivity index (χ0v) is 9.54. The number of amides is 1. The minimum atomic E-state index is -1.11. The Bertz CT molecular complexity index is 400. The minimum absolute atomic E-state index is 0.306. The van der Waals surface area contributed by atoms with Gasteiger partial charge in [-0.15, -0.1) is 0 Å². The smallest absolute Gasteiger partial charge is 0.315 e. The Hall–Kier alpha value is -1.85. The molecule has 0 aliphatic carbocycles. The summed E-state index contributed by atoms with van der Waals surface area (Å²) in [5.74, 6) is -1.84. The number of hydrogen-bond donors (Lipinski definition) is 1. The lowest BCUT2D eigenvalue weighted by Crippen LogP contribution is -2.35. The van der Waals surface area contributed by atoms with Crippen molar-refractivity contribution < 1.29 is 14.7 Å². The molecule has 0 aromatic carbocycles. The lowest BCUT2D eigenvalue weighted by Gasteiger charge is -2.18. The van der Waals surface area contributed by atoms with Crippen molar-refractivity contribution in [2.45, 2.75) is 13.5 Å². The zero-order chi connectivity index (χ0) is 12.3. The van der Waals surface area contributed by atoms with E-state index < -0.39 is 17.8 Å². The number of carbonyl (C=O) groups excluding carboxylic acids is 1. The van der Waals surface area contributed by atoms with E-state index in [4.69, 9.17) is 5.11 Å². The second kappa shape index (κ2) is 4.78. The van der Waals surface area contributed by atoms with Crippen LogP contribution in [0.1, 0.15) is 12.7 Å². The Morgan fingerprint density at radius 2 is 2.25 bits per heavy atom. The molecule has 1 N–H and O–H groups in total. The van der Waals surface area contributed by atoms with Gasteiger partial charge in [0.25, 0.3) is 0 Å². The van der Waals surface area contributed by atoms with Gasteiger partial charge in [0.05, 0.1) is 6.54 Å². The molecule has 1 aromatic heterocycles. The van der Waals surface area contributed by atoms with E-state index in [-0.39, 0.29) is 0 Å². The standard InChI is InChI=1S/C10H15N3O3/c1-7(10(15)16)9(14)13(3)6-8-11-4-5-12(8)2/h4-5,7H,6H2,1-3H3,(H,15,16). The molecule has 1 atom stereocenters. The second-order valence-electron chi connectivity index (χ2n) is 3.71. The number of aliphatic carboxylic acids is 1. The highest BCUT2D eigenvalue weighted by Gasteiger charge is 2.24. The number of aryl methyl sites for hydroxylation is 1. The van der Waals surface area contributed by atoms with Gasteiger partial charge in [0.1, 0.15) is 11.7 Å². The van der Waals surface area contributed by atoms with E-state index in [2.05, 4.69) is 4.98 Å². The molecule has 1 aromatic rings. The highest BCUT2D eigenvalue weighted by Crippen LogP contribution is 2.05. The van der Waals surface area contributed by atoms with E-state index in [1.807, 2.05) is 7.05 Å². The van der Waals surface area contributed by atoms with Crippen molar-refractivity contribution in [1.82, 2.24) is 14.5 Å². The van der Waals surface area contributed by atoms with Gasteiger partial charge in [0.15, 0.2) is 0 Å². The number of carbonyl (C=O) groups is 2. The molecule has 0 fully saturated rings. The number of imidazole rings is 1. The van der Waals surface area contributed by atoms with Gasteiger partial charge in [-0.3, -0.25) is 9.59 Å². The van der Waals surface area contributed by atoms with Gasteiger partial charge in [-0.05, 0) is 6.92 Å². The van der Waals surface area contributed by atoms with E-state index >= 15 is 0 Å². The first-order valence-corrected chi connectivity index (χ1v) is 4.87. The molecule has 1 amide bonds. The Labute approximate surface area is 93.5 Å². The topological polar surface area (TPSA) is 75.4 Å². The van der Waals surface area contributed by atoms with Crippen LogP contribution in [-0.2, 0) is 23.2 Å². The number of carboxylic acid groups (broad SMARTS) is 1. The quantitative estimate of drug-likeness (QED) is 0.737. The number of carboxylic acids is 1. The Kier molecular flexibility index (Phi) is 3.65. The molecule has 1 unspecified atom stereocenters. The highest BCUT2D eigenvalue weighted by atomic mass is 16.4. The van der Waals surface area contributed by atoms with Crippen LogP contribution in [0.2, 0.25) is 0 Å². The SMILES string of the molecule is CC(C(=O)O)C(=O)N(C)Cc1nccn1C. The molecule has 0 aliphatic rings. The van der Waals surface area contributed by atoms with E-state index in [1.54, 1.807) is 24.0 Å². The monoisotopic (exact) mass is 225 g/mol. The summed E-state index contributed by atoms with van der Waals surface area (Å²) in [6.07, 6.45) is 3.41. The molecule has 6 nitrogen and oxygen atoms in total. The lowest BCUT2D eigenvalue weighted by atomic mass is 10.1. The summed E-state index contributed by atoms with van der Waals surface area (Å²) < 4.78 is 1.79. The summed E-state index contributed by atoms with van der Waals surface area (Å²) >= 11 is 0. The maximum absolute atomic E-state index is 11.6. The first-order chi connectivity index (χ1) is 7.43. The second-order valence-corrected chi connectivity index (χ2v) is 3.71. The van der Waals surface area contributed by atoms with Crippen LogP contribution < -0.4 is 0 Å². The van der Waals surface area contributed by atoms with Crippen molar-refractivity contribution in [3.63, 3.8) is 0 Å². The Morgan fingerprint density at radius 3 is 2.69 bits per heavy atom. The van der Waals surface area contributed by atoms with Crippen molar-refractivity contribution in [2.75, 3.05) is 7.05 Å². The molecule has 88 valence electrons. The average Bonchev–Trinajstić information content (AvgIpc) is 2.62. The predicted octanol–water partition coefficient (Wildman–Crippen LogP) is 0.0992. The van der Waals surface area contributed by atoms with E-state index in [0.29, 0.717) is 12.4 Å². The van der Waals surface area contributed by atoms with Crippen LogP contribution in [0.25, 0.3) is 0 Å². The predicted molar refractivity (Wildman–Crippen MR) is 56.5 cm³/mol. The number of hydrogen-bond acceptors (Lipinski definition) is 3. The van der Waals surface area contributed by atoms with Gasteiger partial charge in [-0.1, -0.05) is 0 Å². The third kappa shape index (κ3) is 2.59. The zero-order valence-electron chi connectivity index (χ0n) is 9.54. The summed E-state index contributed by atoms with van der Waals surface area (Å²) in [5.41, 5.74) is 0. The highest BCUT2D eigenvalue weighted by molar-refractivity contribution is 5.96.